The molecule has 2 aliphatic rings. The number of ether oxygens (including phenoxy) is 1. The van der Waals surface area contributed by atoms with Gasteiger partial charge in [-0.2, -0.15) is 0 Å². The van der Waals surface area contributed by atoms with E-state index in [4.69, 9.17) is 9.73 Å². The van der Waals surface area contributed by atoms with Gasteiger partial charge in [0, 0.05) is 36.0 Å². The first-order valence-electron chi connectivity index (χ1n) is 11.2. The Balaban J connectivity index is 1.60. The molecule has 2 atom stereocenters. The van der Waals surface area contributed by atoms with Gasteiger partial charge in [-0.05, 0) is 53.4 Å². The highest BCUT2D eigenvalue weighted by Gasteiger charge is 2.45. The summed E-state index contributed by atoms with van der Waals surface area (Å²) in [5.41, 5.74) is 0.558. The summed E-state index contributed by atoms with van der Waals surface area (Å²) in [6, 6.07) is 0.790. The normalized spacial score (nSPS) is 24.3. The van der Waals surface area contributed by atoms with Crippen LogP contribution in [0, 0.1) is 0 Å². The lowest BCUT2D eigenvalue weighted by Crippen LogP contribution is -2.55. The maximum atomic E-state index is 12.7. The van der Waals surface area contributed by atoms with Crippen LogP contribution >= 0.6 is 11.3 Å². The molecule has 3 rings (SSSR count). The van der Waals surface area contributed by atoms with Crippen LogP contribution in [-0.4, -0.2) is 52.2 Å². The monoisotopic (exact) mass is 435 g/mol. The van der Waals surface area contributed by atoms with Gasteiger partial charge in [0.05, 0.1) is 17.2 Å². The van der Waals surface area contributed by atoms with Gasteiger partial charge < -0.3 is 20.3 Å². The predicted molar refractivity (Wildman–Crippen MR) is 122 cm³/mol. The van der Waals surface area contributed by atoms with Gasteiger partial charge in [-0.3, -0.25) is 0 Å². The molecule has 7 nitrogen and oxygen atoms in total. The van der Waals surface area contributed by atoms with E-state index >= 15 is 0 Å². The van der Waals surface area contributed by atoms with Crippen LogP contribution in [0.4, 0.5) is 4.79 Å². The number of carbonyl (C=O) groups excluding carboxylic acids is 1. The van der Waals surface area contributed by atoms with Crippen molar-refractivity contribution in [1.29, 1.82) is 0 Å². The molecule has 3 heterocycles. The fraction of sp³-hybridized carbons (Fsp3) is 0.773. The summed E-state index contributed by atoms with van der Waals surface area (Å²) in [4.78, 5) is 24.1. The van der Waals surface area contributed by atoms with Crippen molar-refractivity contribution in [3.8, 4) is 0 Å². The van der Waals surface area contributed by atoms with Crippen LogP contribution < -0.4 is 10.6 Å². The second-order valence-corrected chi connectivity index (χ2v) is 10.5. The Kier molecular flexibility index (Phi) is 7.26. The molecular formula is C22H37N5O2S. The molecule has 1 aromatic rings. The molecule has 1 aromatic heterocycles. The fourth-order valence-corrected chi connectivity index (χ4v) is 5.07. The number of aliphatic imine (C=N–C) groups is 1. The van der Waals surface area contributed by atoms with Crippen molar-refractivity contribution in [1.82, 2.24) is 20.5 Å². The molecule has 1 amide bonds. The van der Waals surface area contributed by atoms with Crippen LogP contribution in [0.5, 0.6) is 0 Å². The number of nitrogens with zero attached hydrogens (tertiary/aromatic N) is 3. The first-order valence-corrected chi connectivity index (χ1v) is 12.0. The molecule has 0 saturated carbocycles. The Morgan fingerprint density at radius 1 is 1.33 bits per heavy atom. The van der Waals surface area contributed by atoms with E-state index in [0.717, 1.165) is 48.9 Å². The highest BCUT2D eigenvalue weighted by atomic mass is 32.1. The summed E-state index contributed by atoms with van der Waals surface area (Å²) in [5.74, 6) is 1.27. The summed E-state index contributed by atoms with van der Waals surface area (Å²) in [7, 11) is 0. The average Bonchev–Trinajstić information content (AvgIpc) is 3.22. The van der Waals surface area contributed by atoms with Gasteiger partial charge in [0.15, 0.2) is 5.96 Å². The molecule has 0 spiro atoms. The smallest absolute Gasteiger partial charge is 0.410 e. The Hall–Kier alpha value is -1.83. The number of piperidine rings is 1. The third-order valence-electron chi connectivity index (χ3n) is 5.49. The summed E-state index contributed by atoms with van der Waals surface area (Å²) < 4.78 is 5.64. The summed E-state index contributed by atoms with van der Waals surface area (Å²) in [6.07, 6.45) is 3.78. The van der Waals surface area contributed by atoms with Crippen molar-refractivity contribution in [2.24, 2.45) is 4.99 Å². The topological polar surface area (TPSA) is 78.9 Å². The second-order valence-electron chi connectivity index (χ2n) is 9.61. The number of carbonyl (C=O) groups is 1. The van der Waals surface area contributed by atoms with E-state index in [1.807, 2.05) is 25.7 Å². The van der Waals surface area contributed by atoms with Crippen LogP contribution in [0.1, 0.15) is 83.8 Å². The molecular weight excluding hydrogens is 398 g/mol. The maximum absolute atomic E-state index is 12.7. The van der Waals surface area contributed by atoms with E-state index in [2.05, 4.69) is 41.8 Å². The number of aromatic nitrogens is 1. The first kappa shape index (κ1) is 22.8. The molecule has 2 saturated heterocycles. The predicted octanol–water partition coefficient (Wildman–Crippen LogP) is 4.25. The molecule has 168 valence electrons. The number of hydrogen-bond donors (Lipinski definition) is 2. The van der Waals surface area contributed by atoms with Crippen LogP contribution in [-0.2, 0) is 11.3 Å². The standard InChI is InChI=1S/C22H37N5O2S/c1-7-23-20(24-12-16-13-30-19(25-16)14(2)3)26-15-10-17-8-9-18(11-15)27(17)21(28)29-22(4,5)6/h13-15,17-18H,7-12H2,1-6H3,(H2,23,24,26). The Morgan fingerprint density at radius 2 is 2.00 bits per heavy atom. The van der Waals surface area contributed by atoms with E-state index in [-0.39, 0.29) is 18.2 Å². The zero-order valence-electron chi connectivity index (χ0n) is 19.2. The molecule has 0 aliphatic carbocycles. The highest BCUT2D eigenvalue weighted by molar-refractivity contribution is 7.09. The third-order valence-corrected chi connectivity index (χ3v) is 6.68. The number of hydrogen-bond acceptors (Lipinski definition) is 5. The van der Waals surface area contributed by atoms with Crippen molar-refractivity contribution < 1.29 is 9.53 Å². The zero-order chi connectivity index (χ0) is 21.9. The van der Waals surface area contributed by atoms with E-state index < -0.39 is 5.60 Å². The third kappa shape index (κ3) is 5.86. The highest BCUT2D eigenvalue weighted by Crippen LogP contribution is 2.36. The van der Waals surface area contributed by atoms with Crippen molar-refractivity contribution >= 4 is 23.4 Å². The quantitative estimate of drug-likeness (QED) is 0.534. The summed E-state index contributed by atoms with van der Waals surface area (Å²) >= 11 is 1.70. The minimum absolute atomic E-state index is 0.168. The van der Waals surface area contributed by atoms with Gasteiger partial charge in [0.1, 0.15) is 5.60 Å². The van der Waals surface area contributed by atoms with Gasteiger partial charge >= 0.3 is 6.09 Å². The number of nitrogens with one attached hydrogen (secondary N) is 2. The largest absolute Gasteiger partial charge is 0.444 e. The maximum Gasteiger partial charge on any atom is 0.410 e. The van der Waals surface area contributed by atoms with Crippen LogP contribution in [0.3, 0.4) is 0 Å². The van der Waals surface area contributed by atoms with Crippen LogP contribution in [0.2, 0.25) is 0 Å². The van der Waals surface area contributed by atoms with Gasteiger partial charge in [-0.25, -0.2) is 14.8 Å². The minimum atomic E-state index is -0.457. The van der Waals surface area contributed by atoms with Crippen molar-refractivity contribution in [3.05, 3.63) is 16.1 Å². The Bertz CT molecular complexity index is 741. The van der Waals surface area contributed by atoms with E-state index in [1.165, 1.54) is 0 Å². The lowest BCUT2D eigenvalue weighted by Gasteiger charge is -2.40. The van der Waals surface area contributed by atoms with E-state index in [0.29, 0.717) is 18.5 Å². The molecule has 2 N–H and O–H groups in total. The SMILES string of the molecule is CCNC(=NCc1csc(C(C)C)n1)NC1CC2CCC(C1)N2C(=O)OC(C)(C)C. The molecule has 8 heteroatoms. The number of fused-ring (bicyclic) bond motifs is 2. The molecule has 30 heavy (non-hydrogen) atoms. The number of guanidine groups is 1. The van der Waals surface area contributed by atoms with Gasteiger partial charge in [-0.1, -0.05) is 13.8 Å². The van der Waals surface area contributed by atoms with Gasteiger partial charge in [-0.15, -0.1) is 11.3 Å². The summed E-state index contributed by atoms with van der Waals surface area (Å²) in [6.45, 7) is 13.6. The number of amides is 1. The molecule has 0 aromatic carbocycles. The lowest BCUT2D eigenvalue weighted by atomic mass is 9.98. The molecule has 0 radical (unpaired) electrons. The van der Waals surface area contributed by atoms with E-state index in [9.17, 15) is 4.79 Å². The van der Waals surface area contributed by atoms with Crippen LogP contribution in [0.25, 0.3) is 0 Å². The number of thiazole rings is 1. The Labute approximate surface area is 184 Å². The minimum Gasteiger partial charge on any atom is -0.444 e. The van der Waals surface area contributed by atoms with Crippen molar-refractivity contribution in [3.63, 3.8) is 0 Å². The Morgan fingerprint density at radius 3 is 2.53 bits per heavy atom. The fourth-order valence-electron chi connectivity index (χ4n) is 4.24. The summed E-state index contributed by atoms with van der Waals surface area (Å²) in [5, 5.41) is 10.2. The molecule has 2 aliphatic heterocycles. The van der Waals surface area contributed by atoms with Crippen molar-refractivity contribution in [2.45, 2.75) is 103 Å². The van der Waals surface area contributed by atoms with Crippen molar-refractivity contribution in [2.75, 3.05) is 6.54 Å². The number of rotatable bonds is 5. The average molecular weight is 436 g/mol. The van der Waals surface area contributed by atoms with Gasteiger partial charge in [0.2, 0.25) is 0 Å². The molecule has 2 bridgehead atoms. The zero-order valence-corrected chi connectivity index (χ0v) is 20.0. The molecule has 2 fully saturated rings. The van der Waals surface area contributed by atoms with Gasteiger partial charge in [0.25, 0.3) is 0 Å². The molecule has 2 unspecified atom stereocenters. The second kappa shape index (κ2) is 9.54. The first-order chi connectivity index (χ1) is 14.2. The lowest BCUT2D eigenvalue weighted by molar-refractivity contribution is 0.00545. The van der Waals surface area contributed by atoms with E-state index in [1.54, 1.807) is 11.3 Å². The van der Waals surface area contributed by atoms with Crippen LogP contribution in [0.15, 0.2) is 10.4 Å².